The largest absolute Gasteiger partial charge is 0.330 e. The average Bonchev–Trinajstić information content (AvgIpc) is 2.98. The molecule has 0 saturated heterocycles. The van der Waals surface area contributed by atoms with Gasteiger partial charge >= 0.3 is 0 Å². The van der Waals surface area contributed by atoms with Crippen molar-refractivity contribution in [1.29, 1.82) is 0 Å². The number of thiophene rings is 1. The van der Waals surface area contributed by atoms with E-state index >= 15 is 0 Å². The van der Waals surface area contributed by atoms with Crippen LogP contribution in [0.1, 0.15) is 31.1 Å². The van der Waals surface area contributed by atoms with E-state index in [1.165, 1.54) is 24.3 Å². The Balaban J connectivity index is 1.85. The SMILES string of the molecule is CC(CCN)CN(Cc1cccs1)C1CC1. The summed E-state index contributed by atoms with van der Waals surface area (Å²) in [5.41, 5.74) is 5.62. The minimum atomic E-state index is 0.727. The Bertz CT molecular complexity index is 293. The Morgan fingerprint density at radius 3 is 2.94 bits per heavy atom. The van der Waals surface area contributed by atoms with Gasteiger partial charge < -0.3 is 5.73 Å². The summed E-state index contributed by atoms with van der Waals surface area (Å²) >= 11 is 1.87. The van der Waals surface area contributed by atoms with Crippen molar-refractivity contribution in [3.63, 3.8) is 0 Å². The second-order valence-electron chi connectivity index (χ2n) is 4.92. The number of rotatable bonds is 7. The van der Waals surface area contributed by atoms with E-state index in [1.807, 2.05) is 11.3 Å². The Hall–Kier alpha value is -0.380. The van der Waals surface area contributed by atoms with Gasteiger partial charge in [-0.25, -0.2) is 0 Å². The molecule has 90 valence electrons. The standard InChI is InChI=1S/C13H22N2S/c1-11(6-7-14)9-15(12-4-5-12)10-13-3-2-8-16-13/h2-3,8,11-12H,4-7,9-10,14H2,1H3. The van der Waals surface area contributed by atoms with Gasteiger partial charge in [0.2, 0.25) is 0 Å². The first-order valence-electron chi connectivity index (χ1n) is 6.26. The third-order valence-corrected chi connectivity index (χ3v) is 4.07. The average molecular weight is 238 g/mol. The maximum atomic E-state index is 5.62. The van der Waals surface area contributed by atoms with Gasteiger partial charge in [0.25, 0.3) is 0 Å². The number of nitrogens with zero attached hydrogens (tertiary/aromatic N) is 1. The molecular weight excluding hydrogens is 216 g/mol. The molecule has 1 fully saturated rings. The molecule has 1 saturated carbocycles. The summed E-state index contributed by atoms with van der Waals surface area (Å²) in [6, 6.07) is 5.24. The molecule has 1 aliphatic carbocycles. The predicted molar refractivity (Wildman–Crippen MR) is 70.6 cm³/mol. The molecular formula is C13H22N2S. The van der Waals surface area contributed by atoms with Crippen molar-refractivity contribution >= 4 is 11.3 Å². The summed E-state index contributed by atoms with van der Waals surface area (Å²) in [4.78, 5) is 4.14. The highest BCUT2D eigenvalue weighted by Crippen LogP contribution is 2.30. The van der Waals surface area contributed by atoms with Gasteiger partial charge in [0, 0.05) is 24.0 Å². The molecule has 3 heteroatoms. The summed E-state index contributed by atoms with van der Waals surface area (Å²) in [7, 11) is 0. The molecule has 2 N–H and O–H groups in total. The molecule has 1 aliphatic rings. The Morgan fingerprint density at radius 2 is 2.38 bits per heavy atom. The van der Waals surface area contributed by atoms with Crippen molar-refractivity contribution in [1.82, 2.24) is 4.90 Å². The summed E-state index contributed by atoms with van der Waals surface area (Å²) in [6.45, 7) is 5.48. The summed E-state index contributed by atoms with van der Waals surface area (Å²) < 4.78 is 0. The van der Waals surface area contributed by atoms with Crippen LogP contribution < -0.4 is 5.73 Å². The van der Waals surface area contributed by atoms with Crippen molar-refractivity contribution in [3.8, 4) is 0 Å². The maximum Gasteiger partial charge on any atom is 0.0330 e. The van der Waals surface area contributed by atoms with Crippen LogP contribution in [0.4, 0.5) is 0 Å². The van der Waals surface area contributed by atoms with E-state index in [9.17, 15) is 0 Å². The van der Waals surface area contributed by atoms with Crippen LogP contribution in [-0.4, -0.2) is 24.0 Å². The third-order valence-electron chi connectivity index (χ3n) is 3.21. The molecule has 0 amide bonds. The van der Waals surface area contributed by atoms with Crippen molar-refractivity contribution in [3.05, 3.63) is 22.4 Å². The van der Waals surface area contributed by atoms with Crippen LogP contribution in [0.15, 0.2) is 17.5 Å². The van der Waals surface area contributed by atoms with E-state index in [0.29, 0.717) is 0 Å². The van der Waals surface area contributed by atoms with Gasteiger partial charge in [-0.15, -0.1) is 11.3 Å². The summed E-state index contributed by atoms with van der Waals surface area (Å²) in [5, 5.41) is 2.17. The lowest BCUT2D eigenvalue weighted by Crippen LogP contribution is -2.30. The van der Waals surface area contributed by atoms with Crippen molar-refractivity contribution in [2.24, 2.45) is 11.7 Å². The zero-order valence-electron chi connectivity index (χ0n) is 10.1. The van der Waals surface area contributed by atoms with E-state index in [2.05, 4.69) is 29.3 Å². The normalized spacial score (nSPS) is 17.9. The van der Waals surface area contributed by atoms with Gasteiger partial charge in [-0.2, -0.15) is 0 Å². The van der Waals surface area contributed by atoms with E-state index < -0.39 is 0 Å². The highest BCUT2D eigenvalue weighted by atomic mass is 32.1. The molecule has 0 bridgehead atoms. The summed E-state index contributed by atoms with van der Waals surface area (Å²) in [6.07, 6.45) is 3.93. The predicted octanol–water partition coefficient (Wildman–Crippen LogP) is 2.70. The van der Waals surface area contributed by atoms with Crippen molar-refractivity contribution in [2.45, 2.75) is 38.8 Å². The van der Waals surface area contributed by atoms with Gasteiger partial charge in [-0.05, 0) is 43.2 Å². The first kappa shape index (κ1) is 12.1. The number of nitrogens with two attached hydrogens (primary N) is 1. The van der Waals surface area contributed by atoms with E-state index in [-0.39, 0.29) is 0 Å². The van der Waals surface area contributed by atoms with Crippen LogP contribution in [-0.2, 0) is 6.54 Å². The lowest BCUT2D eigenvalue weighted by Gasteiger charge is -2.24. The fraction of sp³-hybridized carbons (Fsp3) is 0.692. The van der Waals surface area contributed by atoms with Gasteiger partial charge in [-0.1, -0.05) is 13.0 Å². The topological polar surface area (TPSA) is 29.3 Å². The molecule has 1 aromatic heterocycles. The first-order chi connectivity index (χ1) is 7.79. The zero-order valence-corrected chi connectivity index (χ0v) is 10.9. The minimum absolute atomic E-state index is 0.727. The lowest BCUT2D eigenvalue weighted by atomic mass is 10.1. The number of hydrogen-bond donors (Lipinski definition) is 1. The highest BCUT2D eigenvalue weighted by molar-refractivity contribution is 7.09. The second-order valence-corrected chi connectivity index (χ2v) is 5.95. The van der Waals surface area contributed by atoms with Crippen LogP contribution in [0.5, 0.6) is 0 Å². The van der Waals surface area contributed by atoms with Crippen LogP contribution >= 0.6 is 11.3 Å². The Morgan fingerprint density at radius 1 is 1.56 bits per heavy atom. The third kappa shape index (κ3) is 3.58. The molecule has 1 heterocycles. The molecule has 1 unspecified atom stereocenters. The molecule has 0 aliphatic heterocycles. The first-order valence-corrected chi connectivity index (χ1v) is 7.14. The minimum Gasteiger partial charge on any atom is -0.330 e. The molecule has 1 aromatic rings. The molecule has 16 heavy (non-hydrogen) atoms. The Kier molecular flexibility index (Phi) is 4.38. The molecule has 2 nitrogen and oxygen atoms in total. The molecule has 2 rings (SSSR count). The highest BCUT2D eigenvalue weighted by Gasteiger charge is 2.29. The van der Waals surface area contributed by atoms with Crippen molar-refractivity contribution in [2.75, 3.05) is 13.1 Å². The molecule has 0 aromatic carbocycles. The van der Waals surface area contributed by atoms with Gasteiger partial charge in [-0.3, -0.25) is 4.90 Å². The molecule has 1 atom stereocenters. The van der Waals surface area contributed by atoms with Gasteiger partial charge in [0.15, 0.2) is 0 Å². The maximum absolute atomic E-state index is 5.62. The smallest absolute Gasteiger partial charge is 0.0330 e. The van der Waals surface area contributed by atoms with E-state index in [4.69, 9.17) is 5.73 Å². The zero-order chi connectivity index (χ0) is 11.4. The van der Waals surface area contributed by atoms with Crippen LogP contribution in [0.2, 0.25) is 0 Å². The van der Waals surface area contributed by atoms with Gasteiger partial charge in [0.05, 0.1) is 0 Å². The van der Waals surface area contributed by atoms with Crippen LogP contribution in [0.3, 0.4) is 0 Å². The van der Waals surface area contributed by atoms with Crippen molar-refractivity contribution < 1.29 is 0 Å². The van der Waals surface area contributed by atoms with E-state index in [1.54, 1.807) is 0 Å². The Labute approximate surface area is 102 Å². The molecule has 0 radical (unpaired) electrons. The van der Waals surface area contributed by atoms with E-state index in [0.717, 1.165) is 31.5 Å². The van der Waals surface area contributed by atoms with Crippen LogP contribution in [0, 0.1) is 5.92 Å². The fourth-order valence-corrected chi connectivity index (χ4v) is 2.89. The fourth-order valence-electron chi connectivity index (χ4n) is 2.16. The lowest BCUT2D eigenvalue weighted by molar-refractivity contribution is 0.217. The number of hydrogen-bond acceptors (Lipinski definition) is 3. The van der Waals surface area contributed by atoms with Gasteiger partial charge in [0.1, 0.15) is 0 Å². The summed E-state index contributed by atoms with van der Waals surface area (Å²) in [5.74, 6) is 0.727. The van der Waals surface area contributed by atoms with Crippen LogP contribution in [0.25, 0.3) is 0 Å². The second kappa shape index (κ2) is 5.80. The monoisotopic (exact) mass is 238 g/mol. The quantitative estimate of drug-likeness (QED) is 0.791. The molecule has 0 spiro atoms.